The molecule has 0 atom stereocenters. The molecule has 0 unspecified atom stereocenters. The molecule has 0 saturated heterocycles. The van der Waals surface area contributed by atoms with E-state index in [1.54, 1.807) is 0 Å². The number of hydrogen-bond acceptors (Lipinski definition) is 0. The van der Waals surface area contributed by atoms with Crippen molar-refractivity contribution in [2.24, 2.45) is 0 Å². The van der Waals surface area contributed by atoms with Gasteiger partial charge >= 0.3 is 0 Å². The Morgan fingerprint density at radius 2 is 0.875 bits per heavy atom. The third kappa shape index (κ3) is 1.70. The van der Waals surface area contributed by atoms with Gasteiger partial charge in [-0.1, -0.05) is 60.7 Å². The van der Waals surface area contributed by atoms with Gasteiger partial charge in [0.2, 0.25) is 0 Å². The molecular formula is C16H14. The topological polar surface area (TPSA) is 0 Å². The summed E-state index contributed by atoms with van der Waals surface area (Å²) in [5, 5.41) is 5.30. The number of benzene rings is 3. The summed E-state index contributed by atoms with van der Waals surface area (Å²) < 4.78 is 0. The molecule has 0 heteroatoms. The highest BCUT2D eigenvalue weighted by molar-refractivity contribution is 6.07. The molecule has 0 amide bonds. The summed E-state index contributed by atoms with van der Waals surface area (Å²) in [6.45, 7) is 6.00. The van der Waals surface area contributed by atoms with Crippen LogP contribution in [0.2, 0.25) is 0 Å². The third-order valence-electron chi connectivity index (χ3n) is 2.65. The van der Waals surface area contributed by atoms with Gasteiger partial charge in [-0.05, 0) is 21.5 Å². The molecule has 3 rings (SSSR count). The Bertz CT molecular complexity index is 554. The lowest BCUT2D eigenvalue weighted by molar-refractivity contribution is 1.76. The second kappa shape index (κ2) is 4.63. The van der Waals surface area contributed by atoms with Gasteiger partial charge in [0, 0.05) is 0 Å². The quantitative estimate of drug-likeness (QED) is 0.366. The van der Waals surface area contributed by atoms with E-state index in [-0.39, 0.29) is 0 Å². The Balaban J connectivity index is 0.000000457. The van der Waals surface area contributed by atoms with Crippen molar-refractivity contribution in [2.45, 2.75) is 0 Å². The first-order valence-corrected chi connectivity index (χ1v) is 5.32. The monoisotopic (exact) mass is 206 g/mol. The zero-order chi connectivity index (χ0) is 11.4. The lowest BCUT2D eigenvalue weighted by Gasteiger charge is -2.02. The SMILES string of the molecule is C=C.c1ccc2c(c1)ccc1ccccc12. The maximum atomic E-state index is 3.00. The molecule has 0 radical (unpaired) electrons. The Kier molecular flexibility index (Phi) is 3.02. The van der Waals surface area contributed by atoms with Crippen molar-refractivity contribution in [2.75, 3.05) is 0 Å². The molecule has 0 saturated carbocycles. The van der Waals surface area contributed by atoms with E-state index in [1.165, 1.54) is 21.5 Å². The minimum absolute atomic E-state index is 1.31. The van der Waals surface area contributed by atoms with E-state index in [1.807, 2.05) is 0 Å². The van der Waals surface area contributed by atoms with E-state index in [9.17, 15) is 0 Å². The van der Waals surface area contributed by atoms with E-state index in [4.69, 9.17) is 0 Å². The fraction of sp³-hybridized carbons (Fsp3) is 0. The molecule has 0 aliphatic carbocycles. The van der Waals surface area contributed by atoms with Crippen LogP contribution in [0.3, 0.4) is 0 Å². The molecule has 0 heterocycles. The average Bonchev–Trinajstić information content (AvgIpc) is 2.41. The maximum absolute atomic E-state index is 3.00. The highest BCUT2D eigenvalue weighted by Gasteiger charge is 1.97. The van der Waals surface area contributed by atoms with Crippen molar-refractivity contribution in [1.29, 1.82) is 0 Å². The van der Waals surface area contributed by atoms with E-state index < -0.39 is 0 Å². The smallest absolute Gasteiger partial charge is 0.0105 e. The second-order valence-corrected chi connectivity index (χ2v) is 3.51. The van der Waals surface area contributed by atoms with Crippen molar-refractivity contribution < 1.29 is 0 Å². The molecule has 0 N–H and O–H groups in total. The van der Waals surface area contributed by atoms with Gasteiger partial charge in [0.05, 0.1) is 0 Å². The first-order chi connectivity index (χ1) is 7.95. The van der Waals surface area contributed by atoms with Gasteiger partial charge in [-0.25, -0.2) is 0 Å². The predicted octanol–water partition coefficient (Wildman–Crippen LogP) is 4.80. The van der Waals surface area contributed by atoms with E-state index in [0.717, 1.165) is 0 Å². The third-order valence-corrected chi connectivity index (χ3v) is 2.65. The fourth-order valence-corrected chi connectivity index (χ4v) is 1.95. The zero-order valence-corrected chi connectivity index (χ0v) is 9.19. The van der Waals surface area contributed by atoms with Gasteiger partial charge in [0.25, 0.3) is 0 Å². The zero-order valence-electron chi connectivity index (χ0n) is 9.19. The van der Waals surface area contributed by atoms with Crippen LogP contribution in [-0.4, -0.2) is 0 Å². The largest absolute Gasteiger partial charge is 0.106 e. The molecule has 0 aliphatic rings. The first kappa shape index (κ1) is 10.4. The van der Waals surface area contributed by atoms with Crippen molar-refractivity contribution in [3.63, 3.8) is 0 Å². The minimum Gasteiger partial charge on any atom is -0.106 e. The fourth-order valence-electron chi connectivity index (χ4n) is 1.95. The van der Waals surface area contributed by atoms with E-state index >= 15 is 0 Å². The molecule has 0 bridgehead atoms. The standard InChI is InChI=1S/C14H10.C2H4/c1-3-7-13-11(5-1)9-10-12-6-2-4-8-14(12)13;1-2/h1-10H;1-2H2. The van der Waals surface area contributed by atoms with E-state index in [2.05, 4.69) is 73.8 Å². The van der Waals surface area contributed by atoms with Crippen LogP contribution in [0.25, 0.3) is 21.5 Å². The summed E-state index contributed by atoms with van der Waals surface area (Å²) in [6, 6.07) is 21.4. The van der Waals surface area contributed by atoms with Gasteiger partial charge in [-0.15, -0.1) is 13.2 Å². The maximum Gasteiger partial charge on any atom is -0.0105 e. The van der Waals surface area contributed by atoms with Crippen LogP contribution in [0.15, 0.2) is 73.8 Å². The normalized spacial score (nSPS) is 9.75. The summed E-state index contributed by atoms with van der Waals surface area (Å²) in [5.74, 6) is 0. The van der Waals surface area contributed by atoms with Crippen molar-refractivity contribution in [3.05, 3.63) is 73.8 Å². The highest BCUT2D eigenvalue weighted by Crippen LogP contribution is 2.24. The molecule has 16 heavy (non-hydrogen) atoms. The summed E-state index contributed by atoms with van der Waals surface area (Å²) in [4.78, 5) is 0. The number of fused-ring (bicyclic) bond motifs is 3. The molecule has 78 valence electrons. The molecule has 3 aromatic carbocycles. The Labute approximate surface area is 95.8 Å². The van der Waals surface area contributed by atoms with Gasteiger partial charge in [-0.2, -0.15) is 0 Å². The van der Waals surface area contributed by atoms with Gasteiger partial charge < -0.3 is 0 Å². The van der Waals surface area contributed by atoms with Crippen LogP contribution in [0.4, 0.5) is 0 Å². The molecule has 3 aromatic rings. The summed E-state index contributed by atoms with van der Waals surface area (Å²) >= 11 is 0. The van der Waals surface area contributed by atoms with E-state index in [0.29, 0.717) is 0 Å². The van der Waals surface area contributed by atoms with Crippen LogP contribution in [0, 0.1) is 0 Å². The van der Waals surface area contributed by atoms with Crippen LogP contribution in [0.5, 0.6) is 0 Å². The number of rotatable bonds is 0. The molecular weight excluding hydrogens is 192 g/mol. The van der Waals surface area contributed by atoms with Crippen LogP contribution in [-0.2, 0) is 0 Å². The molecule has 0 aromatic heterocycles. The second-order valence-electron chi connectivity index (χ2n) is 3.51. The average molecular weight is 206 g/mol. The molecule has 0 aliphatic heterocycles. The van der Waals surface area contributed by atoms with Gasteiger partial charge in [0.1, 0.15) is 0 Å². The molecule has 0 nitrogen and oxygen atoms in total. The van der Waals surface area contributed by atoms with Gasteiger partial charge in [0.15, 0.2) is 0 Å². The van der Waals surface area contributed by atoms with Gasteiger partial charge in [-0.3, -0.25) is 0 Å². The summed E-state index contributed by atoms with van der Waals surface area (Å²) in [6.07, 6.45) is 0. The Morgan fingerprint density at radius 1 is 0.500 bits per heavy atom. The Morgan fingerprint density at radius 3 is 1.31 bits per heavy atom. The summed E-state index contributed by atoms with van der Waals surface area (Å²) in [5.41, 5.74) is 0. The molecule has 0 spiro atoms. The van der Waals surface area contributed by atoms with Crippen molar-refractivity contribution in [1.82, 2.24) is 0 Å². The van der Waals surface area contributed by atoms with Crippen LogP contribution < -0.4 is 0 Å². The van der Waals surface area contributed by atoms with Crippen LogP contribution >= 0.6 is 0 Å². The minimum atomic E-state index is 1.31. The van der Waals surface area contributed by atoms with Crippen molar-refractivity contribution in [3.8, 4) is 0 Å². The van der Waals surface area contributed by atoms with Crippen molar-refractivity contribution >= 4 is 21.5 Å². The highest BCUT2D eigenvalue weighted by atomic mass is 14.0. The predicted molar refractivity (Wildman–Crippen MR) is 72.7 cm³/mol. The summed E-state index contributed by atoms with van der Waals surface area (Å²) in [7, 11) is 0. The molecule has 0 fully saturated rings. The lowest BCUT2D eigenvalue weighted by Crippen LogP contribution is -1.75. The lowest BCUT2D eigenvalue weighted by atomic mass is 10.0. The van der Waals surface area contributed by atoms with Crippen LogP contribution in [0.1, 0.15) is 0 Å². The first-order valence-electron chi connectivity index (χ1n) is 5.32. The Hall–Kier alpha value is -2.08. The number of hydrogen-bond donors (Lipinski definition) is 0.